The molecule has 3 aromatic rings. The maximum Gasteiger partial charge on any atom is 0.430 e. The lowest BCUT2D eigenvalue weighted by Crippen LogP contribution is -2.54. The molecule has 0 spiro atoms. The van der Waals surface area contributed by atoms with Crippen molar-refractivity contribution in [2.45, 2.75) is 44.1 Å². The molecule has 1 aromatic carbocycles. The molecule has 11 heteroatoms. The van der Waals surface area contributed by atoms with Crippen LogP contribution in [0.2, 0.25) is 0 Å². The second-order valence-corrected chi connectivity index (χ2v) is 8.16. The van der Waals surface area contributed by atoms with Crippen molar-refractivity contribution in [3.63, 3.8) is 0 Å². The highest BCUT2D eigenvalue weighted by atomic mass is 19.4. The fourth-order valence-corrected chi connectivity index (χ4v) is 3.45. The van der Waals surface area contributed by atoms with E-state index in [0.29, 0.717) is 23.4 Å². The zero-order valence-corrected chi connectivity index (χ0v) is 18.4. The van der Waals surface area contributed by atoms with Crippen LogP contribution >= 0.6 is 0 Å². The van der Waals surface area contributed by atoms with E-state index < -0.39 is 46.6 Å². The first kappa shape index (κ1) is 26.3. The number of benzene rings is 1. The lowest BCUT2D eigenvalue weighted by molar-refractivity contribution is -0.376. The van der Waals surface area contributed by atoms with Gasteiger partial charge in [-0.15, -0.1) is 0 Å². The first-order valence-corrected chi connectivity index (χ1v) is 10.2. The molecule has 0 aliphatic carbocycles. The summed E-state index contributed by atoms with van der Waals surface area (Å²) in [6, 6.07) is 7.34. The summed E-state index contributed by atoms with van der Waals surface area (Å²) in [6.07, 6.45) is -10.3. The Morgan fingerprint density at radius 2 is 1.60 bits per heavy atom. The van der Waals surface area contributed by atoms with E-state index in [0.717, 1.165) is 18.3 Å². The minimum Gasteiger partial charge on any atom is -0.369 e. The molecule has 0 saturated heterocycles. The molecule has 0 bridgehead atoms. The molecule has 35 heavy (non-hydrogen) atoms. The van der Waals surface area contributed by atoms with Gasteiger partial charge in [0.1, 0.15) is 5.82 Å². The van der Waals surface area contributed by atoms with Crippen molar-refractivity contribution in [3.8, 4) is 11.3 Å². The number of aryl methyl sites for hydroxylation is 1. The van der Waals surface area contributed by atoms with Crippen LogP contribution in [0.5, 0.6) is 0 Å². The Labute approximate surface area is 195 Å². The number of alkyl halides is 6. The first-order chi connectivity index (χ1) is 16.1. The minimum absolute atomic E-state index is 0.00597. The van der Waals surface area contributed by atoms with E-state index in [1.54, 1.807) is 19.9 Å². The molecule has 0 aliphatic rings. The number of hydrogen-bond donors (Lipinski definition) is 1. The Morgan fingerprint density at radius 3 is 2.11 bits per heavy atom. The average molecular weight is 500 g/mol. The lowest BCUT2D eigenvalue weighted by atomic mass is 9.86. The summed E-state index contributed by atoms with van der Waals surface area (Å²) in [5.74, 6) is -2.05. The number of pyridine rings is 2. The zero-order chi connectivity index (χ0) is 26.2. The number of Topliss-reactive ketones (excluding diaryl/α,β-unsaturated/α-hetero) is 1. The third-order valence-corrected chi connectivity index (χ3v) is 5.45. The maximum absolute atomic E-state index is 13.6. The average Bonchev–Trinajstić information content (AvgIpc) is 2.77. The Hall–Kier alpha value is -3.34. The van der Waals surface area contributed by atoms with Crippen molar-refractivity contribution >= 4 is 5.78 Å². The van der Waals surface area contributed by atoms with Gasteiger partial charge in [0.2, 0.25) is 0 Å². The highest BCUT2D eigenvalue weighted by molar-refractivity contribution is 5.98. The topological polar surface area (TPSA) is 63.1 Å². The van der Waals surface area contributed by atoms with Gasteiger partial charge >= 0.3 is 12.4 Å². The van der Waals surface area contributed by atoms with Crippen LogP contribution < -0.4 is 0 Å². The summed E-state index contributed by atoms with van der Waals surface area (Å²) in [5, 5.41) is 9.94. The number of hydrogen-bond acceptors (Lipinski definition) is 4. The van der Waals surface area contributed by atoms with E-state index in [-0.39, 0.29) is 17.7 Å². The molecular weight excluding hydrogens is 481 g/mol. The van der Waals surface area contributed by atoms with Crippen LogP contribution in [0, 0.1) is 12.7 Å². The van der Waals surface area contributed by atoms with E-state index in [9.17, 15) is 40.6 Å². The van der Waals surface area contributed by atoms with Crippen LogP contribution in [0.3, 0.4) is 0 Å². The van der Waals surface area contributed by atoms with Crippen LogP contribution in [0.25, 0.3) is 11.3 Å². The molecule has 3 rings (SSSR count). The molecule has 0 saturated carbocycles. The number of aliphatic hydroxyl groups is 1. The van der Waals surface area contributed by atoms with E-state index in [2.05, 4.69) is 9.97 Å². The van der Waals surface area contributed by atoms with Crippen LogP contribution in [0.4, 0.5) is 30.7 Å². The number of nitrogens with zero attached hydrogens (tertiary/aromatic N) is 2. The summed E-state index contributed by atoms with van der Waals surface area (Å²) in [7, 11) is 0. The van der Waals surface area contributed by atoms with Gasteiger partial charge in [-0.1, -0.05) is 13.0 Å². The van der Waals surface area contributed by atoms with Gasteiger partial charge in [-0.05, 0) is 48.9 Å². The van der Waals surface area contributed by atoms with Gasteiger partial charge in [0.15, 0.2) is 5.78 Å². The van der Waals surface area contributed by atoms with Gasteiger partial charge in [-0.3, -0.25) is 14.8 Å². The largest absolute Gasteiger partial charge is 0.430 e. The highest BCUT2D eigenvalue weighted by Gasteiger charge is 2.71. The molecular formula is C24H19F7N2O2. The normalized spacial score (nSPS) is 13.5. The van der Waals surface area contributed by atoms with Crippen LogP contribution in [-0.4, -0.2) is 33.2 Å². The monoisotopic (exact) mass is 500 g/mol. The fourth-order valence-electron chi connectivity index (χ4n) is 3.45. The second-order valence-electron chi connectivity index (χ2n) is 8.16. The smallest absolute Gasteiger partial charge is 0.369 e. The molecule has 2 aromatic heterocycles. The number of halogens is 7. The predicted octanol–water partition coefficient (Wildman–Crippen LogP) is 6.28. The van der Waals surface area contributed by atoms with Crippen molar-refractivity contribution in [2.75, 3.05) is 0 Å². The number of rotatable bonds is 6. The number of carbonyl (C=O) groups excluding carboxylic acids is 1. The number of carbonyl (C=O) groups is 1. The zero-order valence-electron chi connectivity index (χ0n) is 18.4. The highest BCUT2D eigenvalue weighted by Crippen LogP contribution is 2.50. The van der Waals surface area contributed by atoms with Gasteiger partial charge in [-0.2, -0.15) is 26.3 Å². The third kappa shape index (κ3) is 5.34. The van der Waals surface area contributed by atoms with Crippen molar-refractivity contribution < 1.29 is 40.6 Å². The van der Waals surface area contributed by atoms with Gasteiger partial charge in [-0.25, -0.2) is 4.39 Å². The molecule has 0 fully saturated rings. The van der Waals surface area contributed by atoms with E-state index >= 15 is 0 Å². The van der Waals surface area contributed by atoms with Gasteiger partial charge < -0.3 is 5.11 Å². The Balaban J connectivity index is 2.13. The van der Waals surface area contributed by atoms with Crippen molar-refractivity contribution in [3.05, 3.63) is 83.1 Å². The molecule has 1 N–H and O–H groups in total. The van der Waals surface area contributed by atoms with Crippen molar-refractivity contribution in [1.82, 2.24) is 9.97 Å². The third-order valence-electron chi connectivity index (χ3n) is 5.45. The van der Waals surface area contributed by atoms with E-state index in [1.807, 2.05) is 0 Å². The summed E-state index contributed by atoms with van der Waals surface area (Å²) in [5.41, 5.74) is -6.49. The Morgan fingerprint density at radius 1 is 0.943 bits per heavy atom. The SMILES string of the molecule is Cc1ccc(-c2cc(C(=O)C[C@H](C)c3ccc(F)cn3)cc(C(O)(C(F)(F)F)C(F)(F)F)c2)nc1. The van der Waals surface area contributed by atoms with Crippen LogP contribution in [-0.2, 0) is 5.60 Å². The second kappa shape index (κ2) is 9.37. The molecule has 2 heterocycles. The standard InChI is InChI=1S/C24H19F7N2O2/c1-13-3-5-20(32-11-13)15-8-16(21(34)7-14(2)19-6-4-18(25)12-33-19)10-17(9-15)22(35,23(26,27)28)24(29,30)31/h3-6,8-12,14,35H,7H2,1-2H3/t14-/m0/s1. The van der Waals surface area contributed by atoms with Crippen LogP contribution in [0.15, 0.2) is 54.9 Å². The number of ketones is 1. The van der Waals surface area contributed by atoms with Crippen LogP contribution in [0.1, 0.15) is 46.4 Å². The molecule has 186 valence electrons. The Bertz CT molecular complexity index is 1190. The van der Waals surface area contributed by atoms with Crippen molar-refractivity contribution in [2.24, 2.45) is 0 Å². The van der Waals surface area contributed by atoms with Crippen molar-refractivity contribution in [1.29, 1.82) is 0 Å². The summed E-state index contributed by atoms with van der Waals surface area (Å²) < 4.78 is 94.5. The molecule has 4 nitrogen and oxygen atoms in total. The molecule has 0 unspecified atom stereocenters. The first-order valence-electron chi connectivity index (χ1n) is 10.2. The van der Waals surface area contributed by atoms with E-state index in [4.69, 9.17) is 0 Å². The van der Waals surface area contributed by atoms with Gasteiger partial charge in [0.05, 0.1) is 11.9 Å². The molecule has 0 radical (unpaired) electrons. The lowest BCUT2D eigenvalue weighted by Gasteiger charge is -2.33. The molecule has 0 amide bonds. The molecule has 0 aliphatic heterocycles. The van der Waals surface area contributed by atoms with E-state index in [1.165, 1.54) is 18.3 Å². The van der Waals surface area contributed by atoms with Gasteiger partial charge in [0.25, 0.3) is 5.60 Å². The number of aromatic nitrogens is 2. The fraction of sp³-hybridized carbons (Fsp3) is 0.292. The summed E-state index contributed by atoms with van der Waals surface area (Å²) >= 11 is 0. The van der Waals surface area contributed by atoms with Gasteiger partial charge in [0, 0.05) is 40.9 Å². The Kier molecular flexibility index (Phi) is 7.03. The summed E-state index contributed by atoms with van der Waals surface area (Å²) in [4.78, 5) is 20.8. The quantitative estimate of drug-likeness (QED) is 0.320. The minimum atomic E-state index is -6.13. The summed E-state index contributed by atoms with van der Waals surface area (Å²) in [6.45, 7) is 3.23. The predicted molar refractivity (Wildman–Crippen MR) is 112 cm³/mol. The maximum atomic E-state index is 13.6. The molecule has 1 atom stereocenters.